The number of fused-ring (bicyclic) bond motifs is 2. The molecule has 1 aliphatic carbocycles. The van der Waals surface area contributed by atoms with Gasteiger partial charge in [0.1, 0.15) is 5.82 Å². The summed E-state index contributed by atoms with van der Waals surface area (Å²) in [6, 6.07) is 10.2. The molecule has 1 aromatic heterocycles. The molecule has 20 heavy (non-hydrogen) atoms. The molecule has 1 N–H and O–H groups in total. The standard InChI is InChI=1S/C17H20N2O/c20-11-15-8-12-4-1-2-7-16(12)18-17(15)19-9-13-5-3-6-14(13)10-19/h1-2,4,7-8,13-14,20H,3,5-6,9-11H2. The fourth-order valence-electron chi connectivity index (χ4n) is 3.95. The van der Waals surface area contributed by atoms with E-state index in [1.807, 2.05) is 12.1 Å². The van der Waals surface area contributed by atoms with E-state index in [4.69, 9.17) is 4.98 Å². The van der Waals surface area contributed by atoms with Crippen molar-refractivity contribution in [1.82, 2.24) is 4.98 Å². The number of hydrogen-bond acceptors (Lipinski definition) is 3. The van der Waals surface area contributed by atoms with E-state index >= 15 is 0 Å². The van der Waals surface area contributed by atoms with Crippen LogP contribution in [0, 0.1) is 11.8 Å². The zero-order valence-electron chi connectivity index (χ0n) is 11.6. The molecule has 0 amide bonds. The van der Waals surface area contributed by atoms with Gasteiger partial charge in [0.05, 0.1) is 12.1 Å². The molecule has 0 radical (unpaired) electrons. The molecule has 2 aromatic rings. The third-order valence-electron chi connectivity index (χ3n) is 4.98. The average molecular weight is 268 g/mol. The van der Waals surface area contributed by atoms with Crippen molar-refractivity contribution in [3.8, 4) is 0 Å². The lowest BCUT2D eigenvalue weighted by Gasteiger charge is -2.21. The summed E-state index contributed by atoms with van der Waals surface area (Å²) in [7, 11) is 0. The van der Waals surface area contributed by atoms with Gasteiger partial charge >= 0.3 is 0 Å². The number of hydrogen-bond donors (Lipinski definition) is 1. The maximum Gasteiger partial charge on any atom is 0.134 e. The van der Waals surface area contributed by atoms with Gasteiger partial charge in [0.25, 0.3) is 0 Å². The van der Waals surface area contributed by atoms with Crippen LogP contribution in [0.5, 0.6) is 0 Å². The Balaban J connectivity index is 1.75. The number of benzene rings is 1. The third-order valence-corrected chi connectivity index (χ3v) is 4.98. The molecule has 0 bridgehead atoms. The molecule has 2 aliphatic rings. The SMILES string of the molecule is OCc1cc2ccccc2nc1N1CC2CCCC2C1. The van der Waals surface area contributed by atoms with Crippen molar-refractivity contribution >= 4 is 16.7 Å². The van der Waals surface area contributed by atoms with Crippen LogP contribution in [0.4, 0.5) is 5.82 Å². The highest BCUT2D eigenvalue weighted by atomic mass is 16.3. The van der Waals surface area contributed by atoms with Crippen LogP contribution in [0.1, 0.15) is 24.8 Å². The van der Waals surface area contributed by atoms with E-state index in [-0.39, 0.29) is 6.61 Å². The number of pyridine rings is 1. The van der Waals surface area contributed by atoms with Crippen LogP contribution in [0.3, 0.4) is 0 Å². The van der Waals surface area contributed by atoms with Crippen LogP contribution in [0.15, 0.2) is 30.3 Å². The molecule has 2 fully saturated rings. The normalized spacial score (nSPS) is 25.4. The van der Waals surface area contributed by atoms with Gasteiger partial charge in [0, 0.05) is 24.0 Å². The minimum atomic E-state index is 0.0685. The van der Waals surface area contributed by atoms with E-state index in [0.717, 1.165) is 47.2 Å². The van der Waals surface area contributed by atoms with E-state index in [1.165, 1.54) is 19.3 Å². The van der Waals surface area contributed by atoms with Gasteiger partial charge in [-0.3, -0.25) is 0 Å². The monoisotopic (exact) mass is 268 g/mol. The van der Waals surface area contributed by atoms with Crippen molar-refractivity contribution in [2.24, 2.45) is 11.8 Å². The van der Waals surface area contributed by atoms with Crippen molar-refractivity contribution in [2.45, 2.75) is 25.9 Å². The quantitative estimate of drug-likeness (QED) is 0.909. The van der Waals surface area contributed by atoms with Gasteiger partial charge in [-0.05, 0) is 36.8 Å². The van der Waals surface area contributed by atoms with Crippen LogP contribution in [0.2, 0.25) is 0 Å². The lowest BCUT2D eigenvalue weighted by Crippen LogP contribution is -2.23. The largest absolute Gasteiger partial charge is 0.392 e. The van der Waals surface area contributed by atoms with Crippen molar-refractivity contribution < 1.29 is 5.11 Å². The Morgan fingerprint density at radius 2 is 1.90 bits per heavy atom. The van der Waals surface area contributed by atoms with Crippen molar-refractivity contribution in [2.75, 3.05) is 18.0 Å². The van der Waals surface area contributed by atoms with Gasteiger partial charge in [0.15, 0.2) is 0 Å². The molecule has 4 rings (SSSR count). The summed E-state index contributed by atoms with van der Waals surface area (Å²) in [6.45, 7) is 2.30. The maximum absolute atomic E-state index is 9.67. The minimum Gasteiger partial charge on any atom is -0.392 e. The molecule has 104 valence electrons. The Labute approximate surface area is 119 Å². The first-order chi connectivity index (χ1) is 9.85. The first-order valence-corrected chi connectivity index (χ1v) is 7.59. The number of aliphatic hydroxyl groups is 1. The Hall–Kier alpha value is -1.61. The smallest absolute Gasteiger partial charge is 0.134 e. The van der Waals surface area contributed by atoms with E-state index < -0.39 is 0 Å². The van der Waals surface area contributed by atoms with E-state index in [2.05, 4.69) is 23.1 Å². The first kappa shape index (κ1) is 12.2. The summed E-state index contributed by atoms with van der Waals surface area (Å²) < 4.78 is 0. The molecule has 1 aromatic carbocycles. The lowest BCUT2D eigenvalue weighted by molar-refractivity contribution is 0.282. The molecule has 2 heterocycles. The summed E-state index contributed by atoms with van der Waals surface area (Å²) in [5, 5.41) is 10.8. The Bertz CT molecular complexity index is 628. The topological polar surface area (TPSA) is 36.4 Å². The Morgan fingerprint density at radius 1 is 1.15 bits per heavy atom. The minimum absolute atomic E-state index is 0.0685. The molecule has 1 saturated heterocycles. The van der Waals surface area contributed by atoms with E-state index in [1.54, 1.807) is 0 Å². The van der Waals surface area contributed by atoms with Crippen LogP contribution < -0.4 is 4.90 Å². The second-order valence-electron chi connectivity index (χ2n) is 6.18. The average Bonchev–Trinajstić information content (AvgIpc) is 3.07. The van der Waals surface area contributed by atoms with Gasteiger partial charge in [0.2, 0.25) is 0 Å². The molecule has 3 nitrogen and oxygen atoms in total. The van der Waals surface area contributed by atoms with Crippen LogP contribution in [-0.4, -0.2) is 23.2 Å². The summed E-state index contributed by atoms with van der Waals surface area (Å²) in [5.41, 5.74) is 1.99. The molecular weight excluding hydrogens is 248 g/mol. The van der Waals surface area contributed by atoms with Crippen LogP contribution in [-0.2, 0) is 6.61 Å². The highest BCUT2D eigenvalue weighted by Crippen LogP contribution is 2.40. The summed E-state index contributed by atoms with van der Waals surface area (Å²) in [4.78, 5) is 7.22. The number of nitrogens with zero attached hydrogens (tertiary/aromatic N) is 2. The molecule has 2 atom stereocenters. The van der Waals surface area contributed by atoms with Gasteiger partial charge in [-0.25, -0.2) is 4.98 Å². The third kappa shape index (κ3) is 1.88. The van der Waals surface area contributed by atoms with Gasteiger partial charge < -0.3 is 10.0 Å². The summed E-state index contributed by atoms with van der Waals surface area (Å²) >= 11 is 0. The Morgan fingerprint density at radius 3 is 2.65 bits per heavy atom. The number of aromatic nitrogens is 1. The van der Waals surface area contributed by atoms with Gasteiger partial charge in [-0.1, -0.05) is 24.6 Å². The highest BCUT2D eigenvalue weighted by Gasteiger charge is 2.37. The van der Waals surface area contributed by atoms with Crippen LogP contribution in [0.25, 0.3) is 10.9 Å². The van der Waals surface area contributed by atoms with Crippen molar-refractivity contribution in [3.05, 3.63) is 35.9 Å². The number of rotatable bonds is 2. The van der Waals surface area contributed by atoms with E-state index in [0.29, 0.717) is 0 Å². The number of para-hydroxylation sites is 1. The molecular formula is C17H20N2O. The molecule has 1 saturated carbocycles. The fraction of sp³-hybridized carbons (Fsp3) is 0.471. The van der Waals surface area contributed by atoms with Gasteiger partial charge in [-0.2, -0.15) is 0 Å². The molecule has 2 unspecified atom stereocenters. The Kier molecular flexibility index (Phi) is 2.88. The fourth-order valence-corrected chi connectivity index (χ4v) is 3.95. The molecule has 3 heteroatoms. The predicted molar refractivity (Wildman–Crippen MR) is 80.7 cm³/mol. The number of anilines is 1. The van der Waals surface area contributed by atoms with Crippen LogP contribution >= 0.6 is 0 Å². The first-order valence-electron chi connectivity index (χ1n) is 7.59. The zero-order chi connectivity index (χ0) is 13.5. The number of aliphatic hydroxyl groups excluding tert-OH is 1. The zero-order valence-corrected chi connectivity index (χ0v) is 11.6. The van der Waals surface area contributed by atoms with Crippen molar-refractivity contribution in [3.63, 3.8) is 0 Å². The van der Waals surface area contributed by atoms with Crippen molar-refractivity contribution in [1.29, 1.82) is 0 Å². The predicted octanol–water partition coefficient (Wildman–Crippen LogP) is 2.96. The lowest BCUT2D eigenvalue weighted by atomic mass is 10.0. The maximum atomic E-state index is 9.67. The second-order valence-corrected chi connectivity index (χ2v) is 6.18. The summed E-state index contributed by atoms with van der Waals surface area (Å²) in [5.74, 6) is 2.69. The second kappa shape index (κ2) is 4.74. The van der Waals surface area contributed by atoms with E-state index in [9.17, 15) is 5.11 Å². The highest BCUT2D eigenvalue weighted by molar-refractivity contribution is 5.81. The summed E-state index contributed by atoms with van der Waals surface area (Å²) in [6.07, 6.45) is 4.12. The molecule has 1 aliphatic heterocycles. The molecule has 0 spiro atoms. The van der Waals surface area contributed by atoms with Gasteiger partial charge in [-0.15, -0.1) is 0 Å².